The van der Waals surface area contributed by atoms with E-state index in [1.54, 1.807) is 0 Å². The van der Waals surface area contributed by atoms with E-state index in [4.69, 9.17) is 4.74 Å². The van der Waals surface area contributed by atoms with Gasteiger partial charge in [-0.05, 0) is 19.8 Å². The van der Waals surface area contributed by atoms with Crippen molar-refractivity contribution in [1.82, 2.24) is 25.0 Å². The van der Waals surface area contributed by atoms with Gasteiger partial charge >= 0.3 is 6.03 Å². The van der Waals surface area contributed by atoms with E-state index in [1.165, 1.54) is 12.8 Å². The van der Waals surface area contributed by atoms with Crippen molar-refractivity contribution >= 4 is 6.03 Å². The number of morpholine rings is 1. The summed E-state index contributed by atoms with van der Waals surface area (Å²) in [7, 11) is 0. The molecule has 0 saturated carbocycles. The summed E-state index contributed by atoms with van der Waals surface area (Å²) in [5.41, 5.74) is 0. The Morgan fingerprint density at radius 3 is 3.10 bits per heavy atom. The third-order valence-corrected chi connectivity index (χ3v) is 4.21. The summed E-state index contributed by atoms with van der Waals surface area (Å²) in [4.78, 5) is 14.1. The van der Waals surface area contributed by atoms with Crippen LogP contribution in [0.4, 0.5) is 4.79 Å². The van der Waals surface area contributed by atoms with Crippen LogP contribution < -0.4 is 5.32 Å². The number of carbonyl (C=O) groups is 1. The topological polar surface area (TPSA) is 72.3 Å². The Hall–Kier alpha value is -1.63. The summed E-state index contributed by atoms with van der Waals surface area (Å²) in [6.07, 6.45) is 4.56. The maximum absolute atomic E-state index is 12.2. The minimum absolute atomic E-state index is 0.0447. The number of rotatable bonds is 2. The molecule has 0 bridgehead atoms. The van der Waals surface area contributed by atoms with E-state index >= 15 is 0 Å². The lowest BCUT2D eigenvalue weighted by Crippen LogP contribution is -2.51. The van der Waals surface area contributed by atoms with Crippen LogP contribution in [0.1, 0.15) is 37.8 Å². The molecular weight excluding hydrogens is 270 g/mol. The minimum Gasteiger partial charge on any atom is -0.377 e. The van der Waals surface area contributed by atoms with Gasteiger partial charge in [0, 0.05) is 19.5 Å². The van der Waals surface area contributed by atoms with E-state index < -0.39 is 0 Å². The zero-order valence-electron chi connectivity index (χ0n) is 12.5. The summed E-state index contributed by atoms with van der Waals surface area (Å²) in [6.45, 7) is 5.26. The lowest BCUT2D eigenvalue weighted by atomic mass is 10.2. The average molecular weight is 293 g/mol. The second kappa shape index (κ2) is 6.43. The van der Waals surface area contributed by atoms with Crippen LogP contribution >= 0.6 is 0 Å². The average Bonchev–Trinajstić information content (AvgIpc) is 2.72. The number of carbonyl (C=O) groups excluding carboxylic acids is 1. The molecule has 0 radical (unpaired) electrons. The van der Waals surface area contributed by atoms with Crippen molar-refractivity contribution in [2.24, 2.45) is 0 Å². The van der Waals surface area contributed by atoms with Gasteiger partial charge in [0.2, 0.25) is 0 Å². The van der Waals surface area contributed by atoms with Crippen molar-refractivity contribution in [3.63, 3.8) is 0 Å². The standard InChI is InChI=1S/C14H23N5O2/c1-11-10-21-8-7-18(11)14(20)15-9-13-17-16-12-5-3-2-4-6-19(12)13/h11H,2-10H2,1H3,(H,15,20). The smallest absolute Gasteiger partial charge is 0.318 e. The molecule has 0 spiro atoms. The lowest BCUT2D eigenvalue weighted by Gasteiger charge is -2.33. The van der Waals surface area contributed by atoms with Crippen molar-refractivity contribution in [2.45, 2.75) is 51.7 Å². The predicted molar refractivity (Wildman–Crippen MR) is 76.8 cm³/mol. The number of aryl methyl sites for hydroxylation is 1. The summed E-state index contributed by atoms with van der Waals surface area (Å²) in [5, 5.41) is 11.4. The molecule has 1 fully saturated rings. The van der Waals surface area contributed by atoms with Gasteiger partial charge in [0.1, 0.15) is 5.82 Å². The van der Waals surface area contributed by atoms with Crippen molar-refractivity contribution < 1.29 is 9.53 Å². The van der Waals surface area contributed by atoms with Crippen LogP contribution in [0.5, 0.6) is 0 Å². The predicted octanol–water partition coefficient (Wildman–Crippen LogP) is 0.935. The highest BCUT2D eigenvalue weighted by Gasteiger charge is 2.24. The Labute approximate surface area is 124 Å². The fraction of sp³-hybridized carbons (Fsp3) is 0.786. The van der Waals surface area contributed by atoms with E-state index in [0.29, 0.717) is 26.3 Å². The van der Waals surface area contributed by atoms with Crippen molar-refractivity contribution in [1.29, 1.82) is 0 Å². The molecule has 1 aromatic heterocycles. The first-order valence-electron chi connectivity index (χ1n) is 7.79. The SMILES string of the molecule is CC1COCCN1C(=O)NCc1nnc2n1CCCCC2. The minimum atomic E-state index is -0.0447. The van der Waals surface area contributed by atoms with Gasteiger partial charge < -0.3 is 19.5 Å². The fourth-order valence-electron chi connectivity index (χ4n) is 2.96. The van der Waals surface area contributed by atoms with E-state index in [1.807, 2.05) is 11.8 Å². The summed E-state index contributed by atoms with van der Waals surface area (Å²) >= 11 is 0. The maximum Gasteiger partial charge on any atom is 0.318 e. The Morgan fingerprint density at radius 2 is 2.24 bits per heavy atom. The van der Waals surface area contributed by atoms with Crippen LogP contribution in [0.15, 0.2) is 0 Å². The molecule has 1 aromatic rings. The number of hydrogen-bond acceptors (Lipinski definition) is 4. The number of nitrogens with one attached hydrogen (secondary N) is 1. The molecule has 1 saturated heterocycles. The molecule has 2 aliphatic heterocycles. The zero-order valence-corrected chi connectivity index (χ0v) is 12.5. The zero-order chi connectivity index (χ0) is 14.7. The Kier molecular flexibility index (Phi) is 4.38. The molecule has 7 nitrogen and oxygen atoms in total. The molecule has 1 N–H and O–H groups in total. The quantitative estimate of drug-likeness (QED) is 0.880. The second-order valence-corrected chi connectivity index (χ2v) is 5.77. The number of ether oxygens (including phenoxy) is 1. The second-order valence-electron chi connectivity index (χ2n) is 5.77. The van der Waals surface area contributed by atoms with E-state index in [2.05, 4.69) is 20.1 Å². The summed E-state index contributed by atoms with van der Waals surface area (Å²) in [5.74, 6) is 1.91. The molecule has 0 aliphatic carbocycles. The number of amides is 2. The van der Waals surface area contributed by atoms with Crippen LogP contribution in [-0.4, -0.2) is 51.5 Å². The van der Waals surface area contributed by atoms with Gasteiger partial charge in [0.05, 0.1) is 25.8 Å². The van der Waals surface area contributed by atoms with E-state index in [9.17, 15) is 4.79 Å². The molecule has 7 heteroatoms. The molecule has 3 rings (SSSR count). The van der Waals surface area contributed by atoms with Gasteiger partial charge in [-0.25, -0.2) is 4.79 Å². The Balaban J connectivity index is 1.60. The van der Waals surface area contributed by atoms with Crippen molar-refractivity contribution in [2.75, 3.05) is 19.8 Å². The number of urea groups is 1. The van der Waals surface area contributed by atoms with Gasteiger partial charge in [0.15, 0.2) is 5.82 Å². The first kappa shape index (κ1) is 14.3. The number of nitrogens with zero attached hydrogens (tertiary/aromatic N) is 4. The van der Waals surface area contributed by atoms with E-state index in [-0.39, 0.29) is 12.1 Å². The molecule has 2 amide bonds. The largest absolute Gasteiger partial charge is 0.377 e. The van der Waals surface area contributed by atoms with Gasteiger partial charge in [-0.2, -0.15) is 0 Å². The molecule has 3 heterocycles. The summed E-state index contributed by atoms with van der Waals surface area (Å²) in [6, 6.07) is 0.0750. The highest BCUT2D eigenvalue weighted by molar-refractivity contribution is 5.74. The van der Waals surface area contributed by atoms with Crippen LogP contribution in [0, 0.1) is 0 Å². The third-order valence-electron chi connectivity index (χ3n) is 4.21. The van der Waals surface area contributed by atoms with Crippen molar-refractivity contribution in [3.8, 4) is 0 Å². The van der Waals surface area contributed by atoms with Crippen LogP contribution in [0.2, 0.25) is 0 Å². The first-order valence-corrected chi connectivity index (χ1v) is 7.79. The highest BCUT2D eigenvalue weighted by Crippen LogP contribution is 2.14. The number of aromatic nitrogens is 3. The van der Waals surface area contributed by atoms with Crippen LogP contribution in [0.3, 0.4) is 0 Å². The molecule has 1 atom stereocenters. The van der Waals surface area contributed by atoms with Crippen LogP contribution in [-0.2, 0) is 24.2 Å². The fourth-order valence-corrected chi connectivity index (χ4v) is 2.96. The van der Waals surface area contributed by atoms with Gasteiger partial charge in [-0.1, -0.05) is 6.42 Å². The normalized spacial score (nSPS) is 22.5. The highest BCUT2D eigenvalue weighted by atomic mass is 16.5. The molecule has 21 heavy (non-hydrogen) atoms. The van der Waals surface area contributed by atoms with Crippen molar-refractivity contribution in [3.05, 3.63) is 11.6 Å². The Bertz CT molecular complexity index is 502. The lowest BCUT2D eigenvalue weighted by molar-refractivity contribution is 0.0189. The number of hydrogen-bond donors (Lipinski definition) is 1. The molecule has 0 aromatic carbocycles. The maximum atomic E-state index is 12.2. The van der Waals surface area contributed by atoms with Gasteiger partial charge in [0.25, 0.3) is 0 Å². The molecule has 116 valence electrons. The Morgan fingerprint density at radius 1 is 1.33 bits per heavy atom. The monoisotopic (exact) mass is 293 g/mol. The molecular formula is C14H23N5O2. The third kappa shape index (κ3) is 3.18. The summed E-state index contributed by atoms with van der Waals surface area (Å²) < 4.78 is 7.52. The van der Waals surface area contributed by atoms with Gasteiger partial charge in [-0.3, -0.25) is 0 Å². The van der Waals surface area contributed by atoms with E-state index in [0.717, 1.165) is 31.0 Å². The van der Waals surface area contributed by atoms with Crippen LogP contribution in [0.25, 0.3) is 0 Å². The first-order chi connectivity index (χ1) is 10.3. The molecule has 1 unspecified atom stereocenters. The molecule has 2 aliphatic rings. The number of fused-ring (bicyclic) bond motifs is 1. The van der Waals surface area contributed by atoms with Gasteiger partial charge in [-0.15, -0.1) is 10.2 Å².